The van der Waals surface area contributed by atoms with Crippen LogP contribution in [0.5, 0.6) is 0 Å². The van der Waals surface area contributed by atoms with E-state index in [2.05, 4.69) is 64.8 Å². The molecule has 4 nitrogen and oxygen atoms in total. The maximum atomic E-state index is 4.33. The number of hydrogen-bond acceptors (Lipinski definition) is 2. The third kappa shape index (κ3) is 5.37. The Morgan fingerprint density at radius 2 is 1.83 bits per heavy atom. The van der Waals surface area contributed by atoms with Gasteiger partial charge in [-0.2, -0.15) is 0 Å². The fraction of sp³-hybridized carbons (Fsp3) is 0.400. The molecule has 0 fully saturated rings. The maximum absolute atomic E-state index is 4.33. The van der Waals surface area contributed by atoms with E-state index in [4.69, 9.17) is 0 Å². The van der Waals surface area contributed by atoms with Crippen molar-refractivity contribution in [2.75, 3.05) is 20.1 Å². The summed E-state index contributed by atoms with van der Waals surface area (Å²) in [7, 11) is 1.80. The summed E-state index contributed by atoms with van der Waals surface area (Å²) in [5.74, 6) is 0.832. The molecule has 0 amide bonds. The second kappa shape index (κ2) is 8.48. The molecule has 0 unspecified atom stereocenters. The first-order valence-electron chi connectivity index (χ1n) is 8.43. The van der Waals surface area contributed by atoms with Crippen molar-refractivity contribution in [3.8, 4) is 0 Å². The average Bonchev–Trinajstić information content (AvgIpc) is 2.60. The van der Waals surface area contributed by atoms with Crippen LogP contribution in [0.3, 0.4) is 0 Å². The smallest absolute Gasteiger partial charge is 0.191 e. The standard InChI is InChI=1S/C20H28N4/c1-16-10-11-17(14-23-16)12-13-22-19(21-4)24-15-20(2,3)18-8-6-5-7-9-18/h5-11,14H,12-13,15H2,1-4H3,(H2,21,22,24). The normalized spacial score (nSPS) is 12.1. The van der Waals surface area contributed by atoms with E-state index in [1.165, 1.54) is 11.1 Å². The van der Waals surface area contributed by atoms with E-state index in [1.807, 2.05) is 25.3 Å². The summed E-state index contributed by atoms with van der Waals surface area (Å²) >= 11 is 0. The number of pyridine rings is 1. The topological polar surface area (TPSA) is 49.3 Å². The highest BCUT2D eigenvalue weighted by molar-refractivity contribution is 5.79. The molecule has 24 heavy (non-hydrogen) atoms. The lowest BCUT2D eigenvalue weighted by Crippen LogP contribution is -2.44. The molecule has 0 aliphatic rings. The minimum atomic E-state index is 0.0414. The summed E-state index contributed by atoms with van der Waals surface area (Å²) in [6.07, 6.45) is 2.86. The van der Waals surface area contributed by atoms with Crippen LogP contribution in [0.15, 0.2) is 53.7 Å². The van der Waals surface area contributed by atoms with Gasteiger partial charge in [-0.25, -0.2) is 0 Å². The van der Waals surface area contributed by atoms with E-state index in [0.717, 1.165) is 31.2 Å². The zero-order valence-electron chi connectivity index (χ0n) is 15.1. The highest BCUT2D eigenvalue weighted by Crippen LogP contribution is 2.21. The molecule has 0 bridgehead atoms. The Hall–Kier alpha value is -2.36. The molecule has 1 aromatic heterocycles. The van der Waals surface area contributed by atoms with Crippen molar-refractivity contribution in [3.63, 3.8) is 0 Å². The Bertz CT molecular complexity index is 645. The van der Waals surface area contributed by atoms with Crippen LogP contribution in [0.4, 0.5) is 0 Å². The molecule has 0 spiro atoms. The fourth-order valence-electron chi connectivity index (χ4n) is 2.49. The quantitative estimate of drug-likeness (QED) is 0.634. The van der Waals surface area contributed by atoms with Crippen LogP contribution < -0.4 is 10.6 Å². The Labute approximate surface area is 145 Å². The van der Waals surface area contributed by atoms with E-state index in [-0.39, 0.29) is 5.41 Å². The van der Waals surface area contributed by atoms with E-state index in [1.54, 1.807) is 7.05 Å². The lowest BCUT2D eigenvalue weighted by molar-refractivity contribution is 0.508. The molecule has 0 radical (unpaired) electrons. The first kappa shape index (κ1) is 18.0. The molecular weight excluding hydrogens is 296 g/mol. The Balaban J connectivity index is 1.81. The monoisotopic (exact) mass is 324 g/mol. The van der Waals surface area contributed by atoms with Gasteiger partial charge in [0.1, 0.15) is 0 Å². The third-order valence-corrected chi connectivity index (χ3v) is 4.16. The number of nitrogens with zero attached hydrogens (tertiary/aromatic N) is 2. The number of hydrogen-bond donors (Lipinski definition) is 2. The summed E-state index contributed by atoms with van der Waals surface area (Å²) in [5, 5.41) is 6.79. The predicted molar refractivity (Wildman–Crippen MR) is 102 cm³/mol. The van der Waals surface area contributed by atoms with Crippen molar-refractivity contribution in [1.82, 2.24) is 15.6 Å². The number of nitrogens with one attached hydrogen (secondary N) is 2. The highest BCUT2D eigenvalue weighted by atomic mass is 15.2. The first-order chi connectivity index (χ1) is 11.5. The average molecular weight is 324 g/mol. The van der Waals surface area contributed by atoms with Crippen molar-refractivity contribution >= 4 is 5.96 Å². The molecule has 0 aliphatic carbocycles. The number of aliphatic imine (C=N–C) groups is 1. The number of benzene rings is 1. The van der Waals surface area contributed by atoms with Crippen molar-refractivity contribution < 1.29 is 0 Å². The summed E-state index contributed by atoms with van der Waals surface area (Å²) in [6.45, 7) is 8.13. The predicted octanol–water partition coefficient (Wildman–Crippen LogP) is 3.08. The number of aromatic nitrogens is 1. The molecule has 2 aromatic rings. The number of rotatable bonds is 6. The minimum Gasteiger partial charge on any atom is -0.356 e. The molecule has 1 heterocycles. The lowest BCUT2D eigenvalue weighted by Gasteiger charge is -2.26. The summed E-state index contributed by atoms with van der Waals surface area (Å²) < 4.78 is 0. The molecule has 2 rings (SSSR count). The van der Waals surface area contributed by atoms with Crippen molar-refractivity contribution in [1.29, 1.82) is 0 Å². The van der Waals surface area contributed by atoms with Crippen LogP contribution in [-0.2, 0) is 11.8 Å². The lowest BCUT2D eigenvalue weighted by atomic mass is 9.85. The molecule has 128 valence electrons. The molecule has 0 atom stereocenters. The molecular formula is C20H28N4. The summed E-state index contributed by atoms with van der Waals surface area (Å²) in [5.41, 5.74) is 3.64. The molecule has 0 saturated carbocycles. The van der Waals surface area contributed by atoms with Crippen LogP contribution in [0.25, 0.3) is 0 Å². The van der Waals surface area contributed by atoms with Gasteiger partial charge in [-0.15, -0.1) is 0 Å². The van der Waals surface area contributed by atoms with Gasteiger partial charge in [0.25, 0.3) is 0 Å². The zero-order chi connectivity index (χ0) is 17.4. The maximum Gasteiger partial charge on any atom is 0.191 e. The van der Waals surface area contributed by atoms with Gasteiger partial charge in [-0.05, 0) is 30.5 Å². The summed E-state index contributed by atoms with van der Waals surface area (Å²) in [4.78, 5) is 8.63. The van der Waals surface area contributed by atoms with Gasteiger partial charge in [0, 0.05) is 37.4 Å². The Morgan fingerprint density at radius 1 is 1.08 bits per heavy atom. The van der Waals surface area contributed by atoms with Gasteiger partial charge >= 0.3 is 0 Å². The van der Waals surface area contributed by atoms with Gasteiger partial charge in [0.05, 0.1) is 0 Å². The van der Waals surface area contributed by atoms with Crippen LogP contribution in [0.2, 0.25) is 0 Å². The van der Waals surface area contributed by atoms with E-state index < -0.39 is 0 Å². The second-order valence-corrected chi connectivity index (χ2v) is 6.66. The largest absolute Gasteiger partial charge is 0.356 e. The highest BCUT2D eigenvalue weighted by Gasteiger charge is 2.20. The Kier molecular flexibility index (Phi) is 6.36. The van der Waals surface area contributed by atoms with Crippen molar-refractivity contribution in [2.24, 2.45) is 4.99 Å². The third-order valence-electron chi connectivity index (χ3n) is 4.16. The number of guanidine groups is 1. The fourth-order valence-corrected chi connectivity index (χ4v) is 2.49. The molecule has 2 N–H and O–H groups in total. The minimum absolute atomic E-state index is 0.0414. The van der Waals surface area contributed by atoms with E-state index in [9.17, 15) is 0 Å². The molecule has 1 aromatic carbocycles. The van der Waals surface area contributed by atoms with Gasteiger partial charge in [0.2, 0.25) is 0 Å². The Morgan fingerprint density at radius 3 is 2.46 bits per heavy atom. The first-order valence-corrected chi connectivity index (χ1v) is 8.43. The van der Waals surface area contributed by atoms with Gasteiger partial charge < -0.3 is 10.6 Å². The molecule has 0 saturated heterocycles. The van der Waals surface area contributed by atoms with Crippen LogP contribution >= 0.6 is 0 Å². The van der Waals surface area contributed by atoms with E-state index >= 15 is 0 Å². The second-order valence-electron chi connectivity index (χ2n) is 6.66. The van der Waals surface area contributed by atoms with Gasteiger partial charge in [-0.3, -0.25) is 9.98 Å². The van der Waals surface area contributed by atoms with Gasteiger partial charge in [-0.1, -0.05) is 50.2 Å². The SMILES string of the molecule is CN=C(NCCc1ccc(C)nc1)NCC(C)(C)c1ccccc1. The van der Waals surface area contributed by atoms with E-state index in [0.29, 0.717) is 0 Å². The zero-order valence-corrected chi connectivity index (χ0v) is 15.1. The van der Waals surface area contributed by atoms with Gasteiger partial charge in [0.15, 0.2) is 5.96 Å². The summed E-state index contributed by atoms with van der Waals surface area (Å²) in [6, 6.07) is 14.7. The van der Waals surface area contributed by atoms with Crippen molar-refractivity contribution in [3.05, 3.63) is 65.5 Å². The van der Waals surface area contributed by atoms with Crippen molar-refractivity contribution in [2.45, 2.75) is 32.6 Å². The molecule has 4 heteroatoms. The van der Waals surface area contributed by atoms with Crippen LogP contribution in [0.1, 0.15) is 30.7 Å². The number of aryl methyl sites for hydroxylation is 1. The van der Waals surface area contributed by atoms with Crippen LogP contribution in [-0.4, -0.2) is 31.1 Å². The molecule has 0 aliphatic heterocycles. The van der Waals surface area contributed by atoms with Crippen LogP contribution in [0, 0.1) is 6.92 Å².